The summed E-state index contributed by atoms with van der Waals surface area (Å²) in [6.45, 7) is 1.22. The van der Waals surface area contributed by atoms with Crippen molar-refractivity contribution in [3.8, 4) is 5.75 Å². The Hall–Kier alpha value is -2.24. The highest BCUT2D eigenvalue weighted by molar-refractivity contribution is 6.01. The van der Waals surface area contributed by atoms with E-state index in [0.717, 1.165) is 6.42 Å². The number of anilines is 1. The zero-order valence-corrected chi connectivity index (χ0v) is 10.8. The molecule has 1 aromatic rings. The first-order valence-electron chi connectivity index (χ1n) is 6.11. The number of rotatable bonds is 2. The third-order valence-electron chi connectivity index (χ3n) is 3.04. The Morgan fingerprint density at radius 3 is 2.95 bits per heavy atom. The van der Waals surface area contributed by atoms with Crippen LogP contribution in [0, 0.1) is 0 Å². The van der Waals surface area contributed by atoms with Crippen LogP contribution in [-0.2, 0) is 4.79 Å². The number of benzene rings is 1. The molecule has 2 amide bonds. The number of nitrogens with two attached hydrogens (primary N) is 1. The quantitative estimate of drug-likeness (QED) is 0.749. The van der Waals surface area contributed by atoms with Gasteiger partial charge < -0.3 is 20.7 Å². The summed E-state index contributed by atoms with van der Waals surface area (Å²) in [5.74, 6) is 0.234. The molecule has 102 valence electrons. The van der Waals surface area contributed by atoms with Crippen molar-refractivity contribution in [1.29, 1.82) is 0 Å². The molecule has 1 saturated heterocycles. The minimum absolute atomic E-state index is 0.0737. The molecule has 19 heavy (non-hydrogen) atoms. The molecule has 0 radical (unpaired) electrons. The third kappa shape index (κ3) is 2.96. The van der Waals surface area contributed by atoms with Crippen molar-refractivity contribution in [1.82, 2.24) is 10.2 Å². The van der Waals surface area contributed by atoms with Crippen LogP contribution in [0.3, 0.4) is 0 Å². The first-order chi connectivity index (χ1) is 9.11. The molecule has 0 atom stereocenters. The number of hydrogen-bond acceptors (Lipinski definition) is 4. The van der Waals surface area contributed by atoms with Crippen LogP contribution >= 0.6 is 0 Å². The lowest BCUT2D eigenvalue weighted by molar-refractivity contribution is -0.121. The Bertz CT molecular complexity index is 502. The summed E-state index contributed by atoms with van der Waals surface area (Å²) < 4.78 is 5.04. The van der Waals surface area contributed by atoms with Crippen molar-refractivity contribution in [2.45, 2.75) is 6.42 Å². The lowest BCUT2D eigenvalue weighted by Gasteiger charge is -2.20. The van der Waals surface area contributed by atoms with Crippen molar-refractivity contribution in [3.63, 3.8) is 0 Å². The van der Waals surface area contributed by atoms with Crippen LogP contribution in [0.15, 0.2) is 18.2 Å². The summed E-state index contributed by atoms with van der Waals surface area (Å²) in [6, 6.07) is 4.91. The Balaban J connectivity index is 2.20. The van der Waals surface area contributed by atoms with Gasteiger partial charge in [-0.3, -0.25) is 9.59 Å². The topological polar surface area (TPSA) is 84.7 Å². The maximum absolute atomic E-state index is 12.3. The Kier molecular flexibility index (Phi) is 3.89. The number of nitrogen functional groups attached to an aromatic ring is 1. The van der Waals surface area contributed by atoms with E-state index in [1.807, 2.05) is 0 Å². The van der Waals surface area contributed by atoms with Crippen LogP contribution in [0.1, 0.15) is 16.8 Å². The third-order valence-corrected chi connectivity index (χ3v) is 3.04. The molecule has 1 heterocycles. The summed E-state index contributed by atoms with van der Waals surface area (Å²) in [4.78, 5) is 25.3. The van der Waals surface area contributed by atoms with Crippen LogP contribution < -0.4 is 15.8 Å². The van der Waals surface area contributed by atoms with E-state index < -0.39 is 0 Å². The van der Waals surface area contributed by atoms with E-state index in [4.69, 9.17) is 10.5 Å². The summed E-state index contributed by atoms with van der Waals surface area (Å²) in [6.07, 6.45) is 0.744. The van der Waals surface area contributed by atoms with Gasteiger partial charge in [0.2, 0.25) is 5.91 Å². The highest BCUT2D eigenvalue weighted by Crippen LogP contribution is 2.21. The number of methoxy groups -OCH3 is 1. The zero-order valence-electron chi connectivity index (χ0n) is 10.8. The van der Waals surface area contributed by atoms with E-state index in [0.29, 0.717) is 30.1 Å². The number of carbonyl (C=O) groups excluding carboxylic acids is 2. The number of nitrogens with zero attached hydrogens (tertiary/aromatic N) is 1. The highest BCUT2D eigenvalue weighted by atomic mass is 16.5. The fraction of sp³-hybridized carbons (Fsp3) is 0.385. The van der Waals surface area contributed by atoms with E-state index in [1.54, 1.807) is 18.2 Å². The molecule has 0 bridgehead atoms. The molecule has 0 aliphatic carbocycles. The van der Waals surface area contributed by atoms with Gasteiger partial charge in [0.15, 0.2) is 0 Å². The summed E-state index contributed by atoms with van der Waals surface area (Å²) in [7, 11) is 1.54. The smallest absolute Gasteiger partial charge is 0.256 e. The van der Waals surface area contributed by atoms with Crippen LogP contribution in [0.5, 0.6) is 5.75 Å². The van der Waals surface area contributed by atoms with Crippen molar-refractivity contribution >= 4 is 17.5 Å². The van der Waals surface area contributed by atoms with Gasteiger partial charge in [0.1, 0.15) is 5.75 Å². The molecule has 1 aromatic carbocycles. The van der Waals surface area contributed by atoms with Gasteiger partial charge in [-0.2, -0.15) is 0 Å². The van der Waals surface area contributed by atoms with Gasteiger partial charge in [-0.05, 0) is 18.6 Å². The van der Waals surface area contributed by atoms with Crippen molar-refractivity contribution in [2.24, 2.45) is 0 Å². The van der Waals surface area contributed by atoms with Crippen molar-refractivity contribution < 1.29 is 14.3 Å². The molecular weight excluding hydrogens is 246 g/mol. The molecule has 3 N–H and O–H groups in total. The maximum atomic E-state index is 12.3. The van der Waals surface area contributed by atoms with Crippen LogP contribution in [0.25, 0.3) is 0 Å². The number of carbonyl (C=O) groups is 2. The molecule has 6 nitrogen and oxygen atoms in total. The van der Waals surface area contributed by atoms with E-state index in [-0.39, 0.29) is 18.4 Å². The average molecular weight is 263 g/mol. The largest absolute Gasteiger partial charge is 0.497 e. The minimum atomic E-state index is -0.225. The minimum Gasteiger partial charge on any atom is -0.497 e. The number of amides is 2. The number of hydrogen-bond donors (Lipinski definition) is 2. The molecule has 6 heteroatoms. The van der Waals surface area contributed by atoms with E-state index in [1.165, 1.54) is 12.0 Å². The van der Waals surface area contributed by atoms with Crippen molar-refractivity contribution in [2.75, 3.05) is 32.5 Å². The van der Waals surface area contributed by atoms with Gasteiger partial charge in [-0.15, -0.1) is 0 Å². The number of nitrogens with one attached hydrogen (secondary N) is 1. The summed E-state index contributed by atoms with van der Waals surface area (Å²) >= 11 is 0. The lowest BCUT2D eigenvalue weighted by atomic mass is 10.1. The predicted molar refractivity (Wildman–Crippen MR) is 70.9 cm³/mol. The predicted octanol–water partition coefficient (Wildman–Crippen LogP) is 0.240. The van der Waals surface area contributed by atoms with E-state index >= 15 is 0 Å². The van der Waals surface area contributed by atoms with E-state index in [9.17, 15) is 9.59 Å². The second-order valence-corrected chi connectivity index (χ2v) is 4.38. The first-order valence-corrected chi connectivity index (χ1v) is 6.11. The molecule has 2 rings (SSSR count). The monoisotopic (exact) mass is 263 g/mol. The van der Waals surface area contributed by atoms with Gasteiger partial charge >= 0.3 is 0 Å². The highest BCUT2D eigenvalue weighted by Gasteiger charge is 2.22. The second kappa shape index (κ2) is 5.60. The first kappa shape index (κ1) is 13.2. The molecule has 0 aromatic heterocycles. The van der Waals surface area contributed by atoms with Gasteiger partial charge in [-0.1, -0.05) is 0 Å². The van der Waals surface area contributed by atoms with Crippen molar-refractivity contribution in [3.05, 3.63) is 23.8 Å². The average Bonchev–Trinajstić information content (AvgIpc) is 2.62. The SMILES string of the molecule is COc1ccc(C(=O)N2CCCNC(=O)C2)c(N)c1. The van der Waals surface area contributed by atoms with Gasteiger partial charge in [-0.25, -0.2) is 0 Å². The van der Waals surface area contributed by atoms with Gasteiger partial charge in [0.05, 0.1) is 19.2 Å². The lowest BCUT2D eigenvalue weighted by Crippen LogP contribution is -2.37. The normalized spacial score (nSPS) is 15.6. The molecule has 1 aliphatic heterocycles. The molecule has 0 saturated carbocycles. The fourth-order valence-corrected chi connectivity index (χ4v) is 2.01. The fourth-order valence-electron chi connectivity index (χ4n) is 2.01. The second-order valence-electron chi connectivity index (χ2n) is 4.38. The van der Waals surface area contributed by atoms with Gasteiger partial charge in [0.25, 0.3) is 5.91 Å². The standard InChI is InChI=1S/C13H17N3O3/c1-19-9-3-4-10(11(14)7-9)13(18)16-6-2-5-15-12(17)8-16/h3-4,7H,2,5-6,8,14H2,1H3,(H,15,17). The van der Waals surface area contributed by atoms with Crippen LogP contribution in [0.4, 0.5) is 5.69 Å². The molecule has 0 unspecified atom stereocenters. The van der Waals surface area contributed by atoms with Crippen LogP contribution in [0.2, 0.25) is 0 Å². The molecule has 1 fully saturated rings. The Morgan fingerprint density at radius 2 is 2.26 bits per heavy atom. The molecular formula is C13H17N3O3. The molecule has 1 aliphatic rings. The summed E-state index contributed by atoms with van der Waals surface area (Å²) in [5, 5.41) is 2.73. The van der Waals surface area contributed by atoms with E-state index in [2.05, 4.69) is 5.32 Å². The maximum Gasteiger partial charge on any atom is 0.256 e. The molecule has 0 spiro atoms. The number of ether oxygens (including phenoxy) is 1. The van der Waals surface area contributed by atoms with Gasteiger partial charge in [0, 0.05) is 24.8 Å². The summed E-state index contributed by atoms with van der Waals surface area (Å²) in [5.41, 5.74) is 6.60. The zero-order chi connectivity index (χ0) is 13.8. The Labute approximate surface area is 111 Å². The van der Waals surface area contributed by atoms with Crippen LogP contribution in [-0.4, -0.2) is 43.5 Å². The Morgan fingerprint density at radius 1 is 1.47 bits per heavy atom.